The van der Waals surface area contributed by atoms with Gasteiger partial charge in [-0.25, -0.2) is 0 Å². The van der Waals surface area contributed by atoms with E-state index in [-0.39, 0.29) is 11.3 Å². The molecule has 0 aliphatic rings. The van der Waals surface area contributed by atoms with E-state index in [9.17, 15) is 4.79 Å². The number of hydrogen-bond donors (Lipinski definition) is 1. The molecule has 0 heterocycles. The molecule has 0 rings (SSSR count). The van der Waals surface area contributed by atoms with Crippen molar-refractivity contribution in [2.24, 2.45) is 5.41 Å². The Morgan fingerprint density at radius 2 is 2.00 bits per heavy atom. The molecule has 53 valence electrons. The third-order valence-electron chi connectivity index (χ3n) is 1.53. The molecule has 0 aromatic carbocycles. The SMILES string of the molecule is C[CH]C(C)(C)C(=O)NC. The first-order valence-electron chi connectivity index (χ1n) is 3.07. The molecule has 0 aliphatic carbocycles. The van der Waals surface area contributed by atoms with Gasteiger partial charge in [-0.05, 0) is 6.42 Å². The highest BCUT2D eigenvalue weighted by Gasteiger charge is 2.23. The van der Waals surface area contributed by atoms with E-state index >= 15 is 0 Å². The van der Waals surface area contributed by atoms with Crippen molar-refractivity contribution in [2.45, 2.75) is 20.8 Å². The normalized spacial score (nSPS) is 11.1. The van der Waals surface area contributed by atoms with E-state index in [1.807, 2.05) is 27.2 Å². The molecule has 0 aromatic heterocycles. The number of nitrogens with one attached hydrogen (secondary N) is 1. The Labute approximate surface area is 56.6 Å². The first kappa shape index (κ1) is 8.47. The fraction of sp³-hybridized carbons (Fsp3) is 0.714. The average Bonchev–Trinajstić information content (AvgIpc) is 1.86. The van der Waals surface area contributed by atoms with Crippen molar-refractivity contribution >= 4 is 5.91 Å². The summed E-state index contributed by atoms with van der Waals surface area (Å²) in [7, 11) is 1.65. The van der Waals surface area contributed by atoms with Crippen molar-refractivity contribution in [1.29, 1.82) is 0 Å². The van der Waals surface area contributed by atoms with Crippen LogP contribution in [0, 0.1) is 11.8 Å². The summed E-state index contributed by atoms with van der Waals surface area (Å²) in [6, 6.07) is 0. The number of amides is 1. The van der Waals surface area contributed by atoms with Gasteiger partial charge in [0.05, 0.1) is 0 Å². The second kappa shape index (κ2) is 2.85. The van der Waals surface area contributed by atoms with Crippen molar-refractivity contribution < 1.29 is 4.79 Å². The quantitative estimate of drug-likeness (QED) is 0.590. The maximum Gasteiger partial charge on any atom is 0.225 e. The van der Waals surface area contributed by atoms with Crippen molar-refractivity contribution in [1.82, 2.24) is 5.32 Å². The first-order valence-corrected chi connectivity index (χ1v) is 3.07. The topological polar surface area (TPSA) is 29.1 Å². The molecule has 0 aliphatic heterocycles. The zero-order valence-electron chi connectivity index (χ0n) is 6.49. The van der Waals surface area contributed by atoms with E-state index in [2.05, 4.69) is 5.32 Å². The van der Waals surface area contributed by atoms with Crippen molar-refractivity contribution in [2.75, 3.05) is 7.05 Å². The number of carbonyl (C=O) groups is 1. The van der Waals surface area contributed by atoms with Gasteiger partial charge in [0.1, 0.15) is 0 Å². The van der Waals surface area contributed by atoms with Gasteiger partial charge in [0.15, 0.2) is 0 Å². The van der Waals surface area contributed by atoms with Crippen LogP contribution < -0.4 is 5.32 Å². The molecule has 0 spiro atoms. The van der Waals surface area contributed by atoms with Crippen LogP contribution in [0.1, 0.15) is 20.8 Å². The Hall–Kier alpha value is -0.530. The highest BCUT2D eigenvalue weighted by atomic mass is 16.2. The summed E-state index contributed by atoms with van der Waals surface area (Å²) in [4.78, 5) is 10.9. The number of hydrogen-bond acceptors (Lipinski definition) is 1. The van der Waals surface area contributed by atoms with Crippen molar-refractivity contribution in [3.63, 3.8) is 0 Å². The minimum absolute atomic E-state index is 0.0602. The summed E-state index contributed by atoms with van der Waals surface area (Å²) in [6.07, 6.45) is 1.88. The molecule has 9 heavy (non-hydrogen) atoms. The molecule has 2 heteroatoms. The highest BCUT2D eigenvalue weighted by molar-refractivity contribution is 5.82. The van der Waals surface area contributed by atoms with Crippen LogP contribution in [0.5, 0.6) is 0 Å². The highest BCUT2D eigenvalue weighted by Crippen LogP contribution is 2.17. The lowest BCUT2D eigenvalue weighted by Crippen LogP contribution is -2.34. The third kappa shape index (κ3) is 2.04. The lowest BCUT2D eigenvalue weighted by atomic mass is 9.89. The minimum atomic E-state index is -0.325. The van der Waals surface area contributed by atoms with Gasteiger partial charge < -0.3 is 5.32 Å². The van der Waals surface area contributed by atoms with Crippen LogP contribution in [-0.4, -0.2) is 13.0 Å². The largest absolute Gasteiger partial charge is 0.359 e. The molecular weight excluding hydrogens is 114 g/mol. The van der Waals surface area contributed by atoms with E-state index in [1.165, 1.54) is 0 Å². The summed E-state index contributed by atoms with van der Waals surface area (Å²) in [5, 5.41) is 2.59. The van der Waals surface area contributed by atoms with Gasteiger partial charge in [0, 0.05) is 12.5 Å². The van der Waals surface area contributed by atoms with Gasteiger partial charge in [0.2, 0.25) is 5.91 Å². The van der Waals surface area contributed by atoms with Gasteiger partial charge >= 0.3 is 0 Å². The number of carbonyl (C=O) groups excluding carboxylic acids is 1. The van der Waals surface area contributed by atoms with Gasteiger partial charge in [-0.2, -0.15) is 0 Å². The van der Waals surface area contributed by atoms with E-state index in [4.69, 9.17) is 0 Å². The van der Waals surface area contributed by atoms with Crippen LogP contribution in [0.15, 0.2) is 0 Å². The van der Waals surface area contributed by atoms with E-state index < -0.39 is 0 Å². The summed E-state index contributed by atoms with van der Waals surface area (Å²) < 4.78 is 0. The lowest BCUT2D eigenvalue weighted by Gasteiger charge is -2.18. The summed E-state index contributed by atoms with van der Waals surface area (Å²) in [5.74, 6) is 0.0602. The standard InChI is InChI=1S/C7H14NO/c1-5-7(2,3)6(9)8-4/h5H,1-4H3,(H,8,9). The van der Waals surface area contributed by atoms with Crippen LogP contribution in [0.2, 0.25) is 0 Å². The van der Waals surface area contributed by atoms with Crippen LogP contribution in [0.3, 0.4) is 0 Å². The molecule has 1 amide bonds. The van der Waals surface area contributed by atoms with Crippen LogP contribution >= 0.6 is 0 Å². The van der Waals surface area contributed by atoms with Crippen LogP contribution in [-0.2, 0) is 4.79 Å². The van der Waals surface area contributed by atoms with Crippen LogP contribution in [0.25, 0.3) is 0 Å². The number of rotatable bonds is 2. The Kier molecular flexibility index (Phi) is 2.68. The van der Waals surface area contributed by atoms with Gasteiger partial charge in [0.25, 0.3) is 0 Å². The lowest BCUT2D eigenvalue weighted by molar-refractivity contribution is -0.127. The molecule has 0 saturated heterocycles. The van der Waals surface area contributed by atoms with Crippen LogP contribution in [0.4, 0.5) is 0 Å². The smallest absolute Gasteiger partial charge is 0.225 e. The molecule has 0 fully saturated rings. The Morgan fingerprint density at radius 1 is 1.56 bits per heavy atom. The van der Waals surface area contributed by atoms with Gasteiger partial charge in [-0.15, -0.1) is 0 Å². The van der Waals surface area contributed by atoms with Gasteiger partial charge in [-0.1, -0.05) is 20.8 Å². The molecule has 0 unspecified atom stereocenters. The first-order chi connectivity index (χ1) is 4.04. The molecule has 1 radical (unpaired) electrons. The third-order valence-corrected chi connectivity index (χ3v) is 1.53. The average molecular weight is 128 g/mol. The Balaban J connectivity index is 3.97. The van der Waals surface area contributed by atoms with Crippen molar-refractivity contribution in [3.8, 4) is 0 Å². The molecule has 0 aromatic rings. The molecule has 0 atom stereocenters. The molecule has 1 N–H and O–H groups in total. The van der Waals surface area contributed by atoms with E-state index in [0.717, 1.165) is 0 Å². The molecular formula is C7H14NO. The second-order valence-electron chi connectivity index (χ2n) is 2.59. The maximum absolute atomic E-state index is 10.9. The molecule has 2 nitrogen and oxygen atoms in total. The minimum Gasteiger partial charge on any atom is -0.359 e. The van der Waals surface area contributed by atoms with E-state index in [1.54, 1.807) is 7.05 Å². The zero-order valence-corrected chi connectivity index (χ0v) is 6.49. The maximum atomic E-state index is 10.9. The Bertz CT molecular complexity index is 107. The Morgan fingerprint density at radius 3 is 2.11 bits per heavy atom. The van der Waals surface area contributed by atoms with E-state index in [0.29, 0.717) is 0 Å². The fourth-order valence-electron chi connectivity index (χ4n) is 0.453. The summed E-state index contributed by atoms with van der Waals surface area (Å²) in [5.41, 5.74) is -0.325. The predicted octanol–water partition coefficient (Wildman–Crippen LogP) is 0.983. The fourth-order valence-corrected chi connectivity index (χ4v) is 0.453. The second-order valence-corrected chi connectivity index (χ2v) is 2.59. The molecule has 0 saturated carbocycles. The molecule has 0 bridgehead atoms. The van der Waals surface area contributed by atoms with Crippen molar-refractivity contribution in [3.05, 3.63) is 6.42 Å². The monoisotopic (exact) mass is 128 g/mol. The predicted molar refractivity (Wildman–Crippen MR) is 37.8 cm³/mol. The van der Waals surface area contributed by atoms with Gasteiger partial charge in [-0.3, -0.25) is 4.79 Å². The summed E-state index contributed by atoms with van der Waals surface area (Å²) in [6.45, 7) is 5.65. The zero-order chi connectivity index (χ0) is 7.49. The summed E-state index contributed by atoms with van der Waals surface area (Å²) >= 11 is 0.